The Bertz CT molecular complexity index is 240. The van der Waals surface area contributed by atoms with E-state index >= 15 is 0 Å². The zero-order chi connectivity index (χ0) is 9.68. The molecule has 1 aromatic rings. The third-order valence-corrected chi connectivity index (χ3v) is 2.18. The molecule has 0 aromatic carbocycles. The van der Waals surface area contributed by atoms with Crippen molar-refractivity contribution >= 4 is 0 Å². The Morgan fingerprint density at radius 1 is 1.54 bits per heavy atom. The third-order valence-electron chi connectivity index (χ3n) is 2.18. The molecule has 1 atom stereocenters. The summed E-state index contributed by atoms with van der Waals surface area (Å²) in [7, 11) is 1.96. The van der Waals surface area contributed by atoms with E-state index in [0.717, 1.165) is 25.2 Å². The molecule has 13 heavy (non-hydrogen) atoms. The fraction of sp³-hybridized carbons (Fsp3) is 0.778. The summed E-state index contributed by atoms with van der Waals surface area (Å²) in [5, 5.41) is 11.3. The molecule has 0 aliphatic heterocycles. The van der Waals surface area contributed by atoms with E-state index in [-0.39, 0.29) is 0 Å². The Hall–Kier alpha value is -0.900. The number of aryl methyl sites for hydroxylation is 1. The first-order valence-electron chi connectivity index (χ1n) is 4.88. The molecule has 0 fully saturated rings. The molecule has 0 spiro atoms. The molecule has 74 valence electrons. The van der Waals surface area contributed by atoms with Gasteiger partial charge in [0.05, 0.1) is 6.04 Å². The molecule has 0 aliphatic carbocycles. The van der Waals surface area contributed by atoms with Crippen molar-refractivity contribution in [3.05, 3.63) is 12.2 Å². The van der Waals surface area contributed by atoms with Crippen LogP contribution in [-0.4, -0.2) is 21.8 Å². The topological polar surface area (TPSA) is 42.7 Å². The summed E-state index contributed by atoms with van der Waals surface area (Å²) in [5.74, 6) is 1.05. The average molecular weight is 182 g/mol. The highest BCUT2D eigenvalue weighted by atomic mass is 15.3. The van der Waals surface area contributed by atoms with Gasteiger partial charge < -0.3 is 9.88 Å². The van der Waals surface area contributed by atoms with Gasteiger partial charge in [0.25, 0.3) is 0 Å². The van der Waals surface area contributed by atoms with Crippen molar-refractivity contribution in [2.45, 2.75) is 39.3 Å². The van der Waals surface area contributed by atoms with Gasteiger partial charge in [-0.2, -0.15) is 0 Å². The van der Waals surface area contributed by atoms with Gasteiger partial charge >= 0.3 is 0 Å². The van der Waals surface area contributed by atoms with E-state index in [2.05, 4.69) is 33.9 Å². The van der Waals surface area contributed by atoms with E-state index in [1.807, 2.05) is 7.05 Å². The van der Waals surface area contributed by atoms with Gasteiger partial charge in [0.2, 0.25) is 0 Å². The molecule has 0 amide bonds. The van der Waals surface area contributed by atoms with Crippen LogP contribution in [0.1, 0.15) is 38.6 Å². The molecular formula is C9H18N4. The van der Waals surface area contributed by atoms with Crippen LogP contribution in [0.3, 0.4) is 0 Å². The monoisotopic (exact) mass is 182 g/mol. The number of aromatic nitrogens is 3. The molecule has 4 nitrogen and oxygen atoms in total. The van der Waals surface area contributed by atoms with Crippen molar-refractivity contribution < 1.29 is 0 Å². The molecule has 1 unspecified atom stereocenters. The third kappa shape index (κ3) is 2.28. The SMILES string of the molecule is CCCn1cnnc1C(CC)NC. The lowest BCUT2D eigenvalue weighted by Crippen LogP contribution is -2.20. The molecule has 4 heteroatoms. The lowest BCUT2D eigenvalue weighted by molar-refractivity contribution is 0.502. The highest BCUT2D eigenvalue weighted by Crippen LogP contribution is 2.12. The first kappa shape index (κ1) is 10.2. The van der Waals surface area contributed by atoms with Crippen molar-refractivity contribution in [1.29, 1.82) is 0 Å². The van der Waals surface area contributed by atoms with Crippen molar-refractivity contribution in [3.63, 3.8) is 0 Å². The maximum atomic E-state index is 4.13. The van der Waals surface area contributed by atoms with Crippen molar-refractivity contribution in [1.82, 2.24) is 20.1 Å². The molecule has 1 heterocycles. The largest absolute Gasteiger partial charge is 0.316 e. The average Bonchev–Trinajstić information content (AvgIpc) is 2.57. The zero-order valence-electron chi connectivity index (χ0n) is 8.62. The Kier molecular flexibility index (Phi) is 3.89. The van der Waals surface area contributed by atoms with Gasteiger partial charge in [0.15, 0.2) is 0 Å². The molecule has 1 rings (SSSR count). The molecular weight excluding hydrogens is 164 g/mol. The van der Waals surface area contributed by atoms with E-state index in [1.54, 1.807) is 6.33 Å². The van der Waals surface area contributed by atoms with E-state index in [1.165, 1.54) is 0 Å². The fourth-order valence-corrected chi connectivity index (χ4v) is 1.46. The van der Waals surface area contributed by atoms with Gasteiger partial charge in [-0.15, -0.1) is 10.2 Å². The van der Waals surface area contributed by atoms with Gasteiger partial charge in [-0.1, -0.05) is 13.8 Å². The molecule has 0 radical (unpaired) electrons. The number of nitrogens with zero attached hydrogens (tertiary/aromatic N) is 3. The Labute approximate surface area is 79.4 Å². The van der Waals surface area contributed by atoms with Crippen LogP contribution in [0.5, 0.6) is 0 Å². The van der Waals surface area contributed by atoms with Gasteiger partial charge in [-0.25, -0.2) is 0 Å². The lowest BCUT2D eigenvalue weighted by Gasteiger charge is -2.13. The maximum absolute atomic E-state index is 4.13. The molecule has 1 N–H and O–H groups in total. The summed E-state index contributed by atoms with van der Waals surface area (Å²) in [6, 6.07) is 0.328. The van der Waals surface area contributed by atoms with Crippen LogP contribution < -0.4 is 5.32 Å². The van der Waals surface area contributed by atoms with Crippen LogP contribution in [0, 0.1) is 0 Å². The molecule has 0 aliphatic rings. The summed E-state index contributed by atoms with van der Waals surface area (Å²) < 4.78 is 2.12. The number of hydrogen-bond donors (Lipinski definition) is 1. The van der Waals surface area contributed by atoms with E-state index in [4.69, 9.17) is 0 Å². The smallest absolute Gasteiger partial charge is 0.149 e. The standard InChI is InChI=1S/C9H18N4/c1-4-6-13-7-11-12-9(13)8(5-2)10-3/h7-8,10H,4-6H2,1-3H3. The van der Waals surface area contributed by atoms with E-state index < -0.39 is 0 Å². The van der Waals surface area contributed by atoms with Crippen LogP contribution in [0.25, 0.3) is 0 Å². The van der Waals surface area contributed by atoms with Gasteiger partial charge in [0, 0.05) is 6.54 Å². The summed E-state index contributed by atoms with van der Waals surface area (Å²) in [6.07, 6.45) is 3.96. The molecule has 0 saturated heterocycles. The normalized spacial score (nSPS) is 13.2. The number of nitrogens with one attached hydrogen (secondary N) is 1. The van der Waals surface area contributed by atoms with Crippen molar-refractivity contribution in [3.8, 4) is 0 Å². The van der Waals surface area contributed by atoms with Gasteiger partial charge in [-0.3, -0.25) is 0 Å². The summed E-state index contributed by atoms with van der Waals surface area (Å²) >= 11 is 0. The highest BCUT2D eigenvalue weighted by molar-refractivity contribution is 4.93. The molecule has 1 aromatic heterocycles. The fourth-order valence-electron chi connectivity index (χ4n) is 1.46. The maximum Gasteiger partial charge on any atom is 0.149 e. The van der Waals surface area contributed by atoms with Gasteiger partial charge in [-0.05, 0) is 19.9 Å². The van der Waals surface area contributed by atoms with Crippen LogP contribution in [-0.2, 0) is 6.54 Å². The first-order valence-corrected chi connectivity index (χ1v) is 4.88. The lowest BCUT2D eigenvalue weighted by atomic mass is 10.2. The van der Waals surface area contributed by atoms with Crippen LogP contribution >= 0.6 is 0 Å². The van der Waals surface area contributed by atoms with Gasteiger partial charge in [0.1, 0.15) is 12.2 Å². The summed E-state index contributed by atoms with van der Waals surface area (Å²) in [6.45, 7) is 5.30. The van der Waals surface area contributed by atoms with E-state index in [0.29, 0.717) is 6.04 Å². The second kappa shape index (κ2) is 4.97. The highest BCUT2D eigenvalue weighted by Gasteiger charge is 2.12. The van der Waals surface area contributed by atoms with Crippen molar-refractivity contribution in [2.75, 3.05) is 7.05 Å². The van der Waals surface area contributed by atoms with Crippen LogP contribution in [0.4, 0.5) is 0 Å². The quantitative estimate of drug-likeness (QED) is 0.747. The minimum Gasteiger partial charge on any atom is -0.316 e. The van der Waals surface area contributed by atoms with Crippen LogP contribution in [0.15, 0.2) is 6.33 Å². The minimum atomic E-state index is 0.328. The second-order valence-electron chi connectivity index (χ2n) is 3.13. The minimum absolute atomic E-state index is 0.328. The zero-order valence-corrected chi connectivity index (χ0v) is 8.62. The van der Waals surface area contributed by atoms with E-state index in [9.17, 15) is 0 Å². The Balaban J connectivity index is 2.78. The Morgan fingerprint density at radius 3 is 2.85 bits per heavy atom. The summed E-state index contributed by atoms with van der Waals surface area (Å²) in [4.78, 5) is 0. The van der Waals surface area contributed by atoms with Crippen molar-refractivity contribution in [2.24, 2.45) is 0 Å². The first-order chi connectivity index (χ1) is 6.33. The second-order valence-corrected chi connectivity index (χ2v) is 3.13. The predicted molar refractivity (Wildman–Crippen MR) is 52.4 cm³/mol. The Morgan fingerprint density at radius 2 is 2.31 bits per heavy atom. The summed E-state index contributed by atoms with van der Waals surface area (Å²) in [5.41, 5.74) is 0. The van der Waals surface area contributed by atoms with Crippen LogP contribution in [0.2, 0.25) is 0 Å². The molecule has 0 bridgehead atoms. The number of rotatable bonds is 5. The number of hydrogen-bond acceptors (Lipinski definition) is 3. The predicted octanol–water partition coefficient (Wildman–Crippen LogP) is 1.36. The molecule has 0 saturated carbocycles.